The molecule has 0 N–H and O–H groups in total. The van der Waals surface area contributed by atoms with Gasteiger partial charge in [0.2, 0.25) is 0 Å². The zero-order chi connectivity index (χ0) is 9.87. The minimum atomic E-state index is -0.157. The van der Waals surface area contributed by atoms with E-state index < -0.39 is 0 Å². The van der Waals surface area contributed by atoms with Gasteiger partial charge in [-0.25, -0.2) is 0 Å². The van der Waals surface area contributed by atoms with Crippen LogP contribution >= 0.6 is 11.6 Å². The highest BCUT2D eigenvalue weighted by Gasteiger charge is 2.52. The zero-order valence-electron chi connectivity index (χ0n) is 7.44. The van der Waals surface area contributed by atoms with Gasteiger partial charge in [-0.15, -0.1) is 0 Å². The summed E-state index contributed by atoms with van der Waals surface area (Å²) >= 11 is 5.73. The van der Waals surface area contributed by atoms with E-state index in [-0.39, 0.29) is 40.3 Å². The summed E-state index contributed by atoms with van der Waals surface area (Å²) in [6, 6.07) is 0. The van der Waals surface area contributed by atoms with Gasteiger partial charge in [-0.05, 0) is 18.3 Å². The second-order valence-electron chi connectivity index (χ2n) is 4.26. The van der Waals surface area contributed by atoms with E-state index in [1.807, 2.05) is 0 Å². The first kappa shape index (κ1) is 8.42. The fourth-order valence-corrected chi connectivity index (χ4v) is 3.25. The number of Topliss-reactive ketones (excluding diaryl/α,β-unsaturated/α-hetero) is 1. The number of carbonyl (C=O) groups excluding carboxylic acids is 2. The summed E-state index contributed by atoms with van der Waals surface area (Å²) in [4.78, 5) is 23.4. The topological polar surface area (TPSA) is 34.1 Å². The molecule has 1 saturated carbocycles. The van der Waals surface area contributed by atoms with Gasteiger partial charge < -0.3 is 0 Å². The summed E-state index contributed by atoms with van der Waals surface area (Å²) in [6.45, 7) is 0. The van der Waals surface area contributed by atoms with Crippen LogP contribution in [0.1, 0.15) is 6.42 Å². The molecule has 14 heavy (non-hydrogen) atoms. The molecule has 0 radical (unpaired) electrons. The monoisotopic (exact) mass is 208 g/mol. The second-order valence-corrected chi connectivity index (χ2v) is 4.67. The molecule has 3 aliphatic carbocycles. The van der Waals surface area contributed by atoms with E-state index in [9.17, 15) is 9.59 Å². The molecule has 72 valence electrons. The first-order valence-electron chi connectivity index (χ1n) is 4.82. The van der Waals surface area contributed by atoms with Crippen molar-refractivity contribution in [2.45, 2.75) is 6.42 Å². The summed E-state index contributed by atoms with van der Waals surface area (Å²) < 4.78 is 0. The first-order chi connectivity index (χ1) is 6.68. The highest BCUT2D eigenvalue weighted by atomic mass is 35.5. The van der Waals surface area contributed by atoms with Crippen LogP contribution in [0, 0.1) is 23.7 Å². The molecule has 0 aromatic carbocycles. The van der Waals surface area contributed by atoms with Crippen LogP contribution in [0.2, 0.25) is 0 Å². The van der Waals surface area contributed by atoms with Crippen molar-refractivity contribution in [2.75, 3.05) is 0 Å². The molecule has 0 heterocycles. The maximum Gasteiger partial charge on any atom is 0.178 e. The predicted molar refractivity (Wildman–Crippen MR) is 51.7 cm³/mol. The van der Waals surface area contributed by atoms with Crippen molar-refractivity contribution in [2.24, 2.45) is 23.7 Å². The van der Waals surface area contributed by atoms with Gasteiger partial charge in [0.15, 0.2) is 11.6 Å². The predicted octanol–water partition coefficient (Wildman–Crippen LogP) is 1.70. The molecule has 0 aromatic rings. The summed E-state index contributed by atoms with van der Waals surface area (Å²) in [7, 11) is 0. The van der Waals surface area contributed by atoms with Crippen LogP contribution in [0.15, 0.2) is 23.3 Å². The van der Waals surface area contributed by atoms with E-state index in [1.54, 1.807) is 0 Å². The fraction of sp³-hybridized carbons (Fsp3) is 0.455. The molecule has 2 nitrogen and oxygen atoms in total. The van der Waals surface area contributed by atoms with Crippen LogP contribution in [0.3, 0.4) is 0 Å². The molecule has 2 bridgehead atoms. The van der Waals surface area contributed by atoms with Gasteiger partial charge in [-0.2, -0.15) is 0 Å². The summed E-state index contributed by atoms with van der Waals surface area (Å²) in [6.07, 6.45) is 6.39. The van der Waals surface area contributed by atoms with Gasteiger partial charge in [0.25, 0.3) is 0 Å². The lowest BCUT2D eigenvalue weighted by molar-refractivity contribution is -0.129. The van der Waals surface area contributed by atoms with Crippen molar-refractivity contribution in [1.29, 1.82) is 0 Å². The number of fused-ring (bicyclic) bond motifs is 5. The number of hydrogen-bond acceptors (Lipinski definition) is 2. The van der Waals surface area contributed by atoms with E-state index in [4.69, 9.17) is 11.6 Å². The van der Waals surface area contributed by atoms with Gasteiger partial charge in [0.05, 0.1) is 5.03 Å². The first-order valence-corrected chi connectivity index (χ1v) is 5.20. The third-order valence-electron chi connectivity index (χ3n) is 3.59. The molecule has 0 saturated heterocycles. The molecule has 0 aromatic heterocycles. The lowest BCUT2D eigenvalue weighted by Gasteiger charge is -2.27. The Balaban J connectivity index is 2.10. The van der Waals surface area contributed by atoms with Crippen molar-refractivity contribution >= 4 is 23.2 Å². The summed E-state index contributed by atoms with van der Waals surface area (Å²) in [5, 5.41) is 0.122. The number of halogens is 1. The SMILES string of the molecule is O=C1C=C(Cl)C(=O)[C@H]2[C@H]1[C@@H]1C=C[C@@H]2C1. The number of carbonyl (C=O) groups is 2. The molecule has 0 spiro atoms. The normalized spacial score (nSPS) is 44.2. The fourth-order valence-electron chi connectivity index (χ4n) is 3.02. The number of hydrogen-bond donors (Lipinski definition) is 0. The van der Waals surface area contributed by atoms with Gasteiger partial charge >= 0.3 is 0 Å². The molecule has 1 fully saturated rings. The molecule has 4 atom stereocenters. The van der Waals surface area contributed by atoms with Crippen LogP contribution in [-0.2, 0) is 9.59 Å². The van der Waals surface area contributed by atoms with Crippen molar-refractivity contribution in [3.05, 3.63) is 23.3 Å². The Hall–Kier alpha value is -0.890. The smallest absolute Gasteiger partial charge is 0.178 e. The number of allylic oxidation sites excluding steroid dienone is 4. The minimum absolute atomic E-state index is 0.0342. The zero-order valence-corrected chi connectivity index (χ0v) is 8.20. The van der Waals surface area contributed by atoms with Crippen LogP contribution in [0.5, 0.6) is 0 Å². The maximum atomic E-state index is 11.8. The van der Waals surface area contributed by atoms with Crippen molar-refractivity contribution in [1.82, 2.24) is 0 Å². The Morgan fingerprint density at radius 1 is 1.14 bits per heavy atom. The van der Waals surface area contributed by atoms with E-state index in [1.165, 1.54) is 6.08 Å². The highest BCUT2D eigenvalue weighted by Crippen LogP contribution is 2.51. The molecule has 3 aliphatic rings. The lowest BCUT2D eigenvalue weighted by Crippen LogP contribution is -2.36. The molecule has 0 aliphatic heterocycles. The van der Waals surface area contributed by atoms with Crippen molar-refractivity contribution in [3.8, 4) is 0 Å². The number of ketones is 2. The molecular formula is C11H9ClO2. The van der Waals surface area contributed by atoms with Gasteiger partial charge in [-0.1, -0.05) is 23.8 Å². The van der Waals surface area contributed by atoms with Gasteiger partial charge in [0.1, 0.15) is 0 Å². The van der Waals surface area contributed by atoms with Crippen LogP contribution in [0.25, 0.3) is 0 Å². The number of rotatable bonds is 0. The quantitative estimate of drug-likeness (QED) is 0.568. The van der Waals surface area contributed by atoms with Gasteiger partial charge in [0, 0.05) is 17.9 Å². The Morgan fingerprint density at radius 2 is 1.79 bits per heavy atom. The molecule has 0 amide bonds. The van der Waals surface area contributed by atoms with Crippen LogP contribution in [0.4, 0.5) is 0 Å². The molecule has 0 unspecified atom stereocenters. The van der Waals surface area contributed by atoms with Crippen LogP contribution in [-0.4, -0.2) is 11.6 Å². The standard InChI is InChI=1S/C11H9ClO2/c12-7-4-8(13)9-5-1-2-6(3-5)10(9)11(7)14/h1-2,4-6,9-10H,3H2/t5-,6-,9+,10-/m1/s1. The summed E-state index contributed by atoms with van der Waals surface area (Å²) in [5.41, 5.74) is 0. The molecule has 3 heteroatoms. The Morgan fingerprint density at radius 3 is 2.50 bits per heavy atom. The average Bonchev–Trinajstić information content (AvgIpc) is 2.73. The minimum Gasteiger partial charge on any atom is -0.294 e. The maximum absolute atomic E-state index is 11.8. The van der Waals surface area contributed by atoms with E-state index in [0.717, 1.165) is 6.42 Å². The van der Waals surface area contributed by atoms with Crippen LogP contribution < -0.4 is 0 Å². The Kier molecular flexibility index (Phi) is 1.55. The van der Waals surface area contributed by atoms with E-state index in [2.05, 4.69) is 12.2 Å². The Labute approximate surface area is 86.6 Å². The van der Waals surface area contributed by atoms with E-state index in [0.29, 0.717) is 0 Å². The second kappa shape index (κ2) is 2.57. The van der Waals surface area contributed by atoms with Crippen molar-refractivity contribution < 1.29 is 9.59 Å². The lowest BCUT2D eigenvalue weighted by atomic mass is 9.75. The third-order valence-corrected chi connectivity index (χ3v) is 3.89. The van der Waals surface area contributed by atoms with Gasteiger partial charge in [-0.3, -0.25) is 9.59 Å². The summed E-state index contributed by atoms with van der Waals surface area (Å²) in [5.74, 6) is 0.269. The van der Waals surface area contributed by atoms with Crippen molar-refractivity contribution in [3.63, 3.8) is 0 Å². The molecule has 3 rings (SSSR count). The highest BCUT2D eigenvalue weighted by molar-refractivity contribution is 6.45. The average molecular weight is 209 g/mol. The Bertz CT molecular complexity index is 394. The molecular weight excluding hydrogens is 200 g/mol. The largest absolute Gasteiger partial charge is 0.294 e. The van der Waals surface area contributed by atoms with E-state index >= 15 is 0 Å². The third kappa shape index (κ3) is 0.871.